The Kier molecular flexibility index (Phi) is 3.09. The van der Waals surface area contributed by atoms with Crippen molar-refractivity contribution in [1.29, 1.82) is 0 Å². The second-order valence-corrected chi connectivity index (χ2v) is 11.2. The van der Waals surface area contributed by atoms with Gasteiger partial charge in [-0.05, 0) is 78.1 Å². The molecule has 8 aromatic carbocycles. The highest BCUT2D eigenvalue weighted by molar-refractivity contribution is 6.13. The van der Waals surface area contributed by atoms with Crippen LogP contribution in [0.4, 0.5) is 0 Å². The lowest BCUT2D eigenvalue weighted by molar-refractivity contribution is 0.436. The van der Waals surface area contributed by atoms with Crippen LogP contribution in [-0.2, 0) is 5.41 Å². The largest absolute Gasteiger partial charge is 0.457 e. The smallest absolute Gasteiger partial charge is 0.132 e. The van der Waals surface area contributed by atoms with Crippen LogP contribution in [0.1, 0.15) is 42.8 Å². The zero-order valence-corrected chi connectivity index (χ0v) is 23.9. The predicted molar refractivity (Wildman–Crippen MR) is 190 cm³/mol. The second kappa shape index (κ2) is 9.54. The molecule has 0 saturated carbocycles. The lowest BCUT2D eigenvalue weighted by Crippen LogP contribution is -2.32. The van der Waals surface area contributed by atoms with Gasteiger partial charge >= 0.3 is 0 Å². The van der Waals surface area contributed by atoms with Gasteiger partial charge < -0.3 is 4.74 Å². The zero-order chi connectivity index (χ0) is 43.3. The highest BCUT2D eigenvalue weighted by Gasteiger charge is 2.50. The molecule has 1 spiro atoms. The van der Waals surface area contributed by atoms with Crippen LogP contribution in [0.5, 0.6) is 11.5 Å². The first-order valence-electron chi connectivity index (χ1n) is 22.2. The Balaban J connectivity index is 1.39. The van der Waals surface area contributed by atoms with E-state index in [2.05, 4.69) is 0 Å². The van der Waals surface area contributed by atoms with Gasteiger partial charge in [0.1, 0.15) is 11.5 Å². The maximum atomic E-state index is 9.93. The van der Waals surface area contributed by atoms with E-state index in [1.165, 1.54) is 0 Å². The first-order valence-corrected chi connectivity index (χ1v) is 14.7. The molecular formula is C45H28O. The minimum atomic E-state index is -2.55. The number of benzene rings is 8. The van der Waals surface area contributed by atoms with Gasteiger partial charge in [0.25, 0.3) is 0 Å². The fourth-order valence-corrected chi connectivity index (χ4v) is 7.13. The molecule has 1 aliphatic heterocycles. The van der Waals surface area contributed by atoms with E-state index in [1.807, 2.05) is 60.7 Å². The third kappa shape index (κ3) is 3.35. The standard InChI is InChI=1S/C45H28O/c1-2-13-31-29(12-1)24-26-36-34(31)18-11-19-35(36)33-15-4-3-14-32(33)30-25-27-42-44(28-30)46-43-23-10-9-22-41(43)45(42)39-20-7-5-16-37(39)38-17-6-8-21-40(38)45/h1-28H/i5D,6D,7D,8D,9D,10D,16D,17D,20D,21D,22D,23D,25D,27D,28D. The summed E-state index contributed by atoms with van der Waals surface area (Å²) >= 11 is 0. The van der Waals surface area contributed by atoms with E-state index in [4.69, 9.17) is 17.1 Å². The number of fused-ring (bicyclic) bond motifs is 12. The summed E-state index contributed by atoms with van der Waals surface area (Å²) in [6, 6.07) is 14.2. The Morgan fingerprint density at radius 3 is 1.87 bits per heavy atom. The summed E-state index contributed by atoms with van der Waals surface area (Å²) in [5, 5.41) is 3.88. The van der Waals surface area contributed by atoms with Gasteiger partial charge in [-0.1, -0.05) is 157 Å². The minimum Gasteiger partial charge on any atom is -0.457 e. The summed E-state index contributed by atoms with van der Waals surface area (Å²) in [4.78, 5) is 0. The zero-order valence-electron chi connectivity index (χ0n) is 38.9. The summed E-state index contributed by atoms with van der Waals surface area (Å²) in [5.74, 6) is -1.05. The molecule has 0 radical (unpaired) electrons. The van der Waals surface area contributed by atoms with E-state index in [0.29, 0.717) is 11.1 Å². The van der Waals surface area contributed by atoms with Crippen LogP contribution in [0, 0.1) is 0 Å². The number of hydrogen-bond acceptors (Lipinski definition) is 1. The van der Waals surface area contributed by atoms with Crippen molar-refractivity contribution >= 4 is 21.5 Å². The molecule has 2 aliphatic rings. The van der Waals surface area contributed by atoms with Gasteiger partial charge in [-0.3, -0.25) is 0 Å². The van der Waals surface area contributed by atoms with Crippen LogP contribution < -0.4 is 4.74 Å². The molecule has 46 heavy (non-hydrogen) atoms. The van der Waals surface area contributed by atoms with Crippen LogP contribution >= 0.6 is 0 Å². The molecule has 0 atom stereocenters. The summed E-state index contributed by atoms with van der Waals surface area (Å²) in [6.07, 6.45) is 0. The second-order valence-electron chi connectivity index (χ2n) is 11.2. The van der Waals surface area contributed by atoms with Crippen molar-refractivity contribution in [2.24, 2.45) is 0 Å². The highest BCUT2D eigenvalue weighted by atomic mass is 16.5. The van der Waals surface area contributed by atoms with Crippen molar-refractivity contribution in [3.63, 3.8) is 0 Å². The Bertz CT molecular complexity index is 3290. The van der Waals surface area contributed by atoms with Gasteiger partial charge in [0.2, 0.25) is 0 Å². The van der Waals surface area contributed by atoms with Gasteiger partial charge in [0.05, 0.1) is 26.0 Å². The van der Waals surface area contributed by atoms with Crippen molar-refractivity contribution < 1.29 is 25.3 Å². The van der Waals surface area contributed by atoms with E-state index in [-0.39, 0.29) is 16.7 Å². The molecular weight excluding hydrogens is 556 g/mol. The molecule has 0 aromatic heterocycles. The lowest BCUT2D eigenvalue weighted by atomic mass is 9.66. The fraction of sp³-hybridized carbons (Fsp3) is 0.0222. The number of ether oxygens (including phenoxy) is 1. The molecule has 0 bridgehead atoms. The monoisotopic (exact) mass is 599 g/mol. The molecule has 0 N–H and O–H groups in total. The van der Waals surface area contributed by atoms with Gasteiger partial charge in [-0.15, -0.1) is 0 Å². The third-order valence-electron chi connectivity index (χ3n) is 9.03. The molecule has 1 heteroatoms. The molecule has 8 aromatic rings. The van der Waals surface area contributed by atoms with Gasteiger partial charge in [0, 0.05) is 11.1 Å². The average molecular weight is 600 g/mol. The van der Waals surface area contributed by atoms with Crippen LogP contribution in [0.25, 0.3) is 54.9 Å². The van der Waals surface area contributed by atoms with Crippen molar-refractivity contribution in [3.8, 4) is 44.9 Å². The molecule has 0 saturated heterocycles. The quantitative estimate of drug-likeness (QED) is 0.180. The molecule has 1 heterocycles. The van der Waals surface area contributed by atoms with Crippen molar-refractivity contribution in [3.05, 3.63) is 192 Å². The van der Waals surface area contributed by atoms with Crippen LogP contribution in [0.15, 0.2) is 169 Å². The SMILES string of the molecule is [2H]c1c([2H])c([2H])c2c(c1[2H])Oc1c([2H])c(-c3ccccc3-c3cccc4c3ccc3ccccc34)c([2H])c([2H])c1C21c2c([2H])c([2H])c([2H])c([2H])c2-c2c([2H])c([2H])c([2H])c([2H])c21. The van der Waals surface area contributed by atoms with Gasteiger partial charge in [0.15, 0.2) is 0 Å². The Hall–Kier alpha value is -5.92. The number of para-hydroxylation sites is 1. The molecule has 0 unspecified atom stereocenters. The summed E-state index contributed by atoms with van der Waals surface area (Å²) in [5.41, 5.74) is -3.42. The van der Waals surface area contributed by atoms with Crippen molar-refractivity contribution in [2.75, 3.05) is 0 Å². The predicted octanol–water partition coefficient (Wildman–Crippen LogP) is 11.8. The average Bonchev–Trinajstić information content (AvgIpc) is 3.57. The molecule has 214 valence electrons. The van der Waals surface area contributed by atoms with E-state index >= 15 is 0 Å². The van der Waals surface area contributed by atoms with E-state index in [1.54, 1.807) is 18.2 Å². The lowest BCUT2D eigenvalue weighted by Gasteiger charge is -2.39. The highest BCUT2D eigenvalue weighted by Crippen LogP contribution is 2.62. The summed E-state index contributed by atoms with van der Waals surface area (Å²) < 4.78 is 144. The van der Waals surface area contributed by atoms with Gasteiger partial charge in [-0.25, -0.2) is 0 Å². The maximum Gasteiger partial charge on any atom is 0.132 e. The van der Waals surface area contributed by atoms with Crippen molar-refractivity contribution in [2.45, 2.75) is 5.41 Å². The molecule has 1 aliphatic carbocycles. The molecule has 10 rings (SSSR count). The van der Waals surface area contributed by atoms with E-state index < -0.39 is 130 Å². The number of rotatable bonds is 2. The van der Waals surface area contributed by atoms with Crippen molar-refractivity contribution in [1.82, 2.24) is 0 Å². The topological polar surface area (TPSA) is 9.23 Å². The Labute approximate surface area is 289 Å². The fourth-order valence-electron chi connectivity index (χ4n) is 7.13. The van der Waals surface area contributed by atoms with Gasteiger partial charge in [-0.2, -0.15) is 0 Å². The summed E-state index contributed by atoms with van der Waals surface area (Å²) in [6.45, 7) is 0. The first-order chi connectivity index (χ1) is 29.1. The van der Waals surface area contributed by atoms with Crippen LogP contribution in [-0.4, -0.2) is 0 Å². The first kappa shape index (κ1) is 14.9. The maximum absolute atomic E-state index is 9.93. The third-order valence-corrected chi connectivity index (χ3v) is 9.03. The molecule has 1 nitrogen and oxygen atoms in total. The Morgan fingerprint density at radius 1 is 0.413 bits per heavy atom. The Morgan fingerprint density at radius 2 is 1.04 bits per heavy atom. The minimum absolute atomic E-state index is 0.0834. The van der Waals surface area contributed by atoms with Crippen LogP contribution in [0.2, 0.25) is 0 Å². The molecule has 0 amide bonds. The van der Waals surface area contributed by atoms with Crippen LogP contribution in [0.3, 0.4) is 0 Å². The molecule has 0 fully saturated rings. The van der Waals surface area contributed by atoms with E-state index in [9.17, 15) is 8.22 Å². The summed E-state index contributed by atoms with van der Waals surface area (Å²) in [7, 11) is 0. The normalized spacial score (nSPS) is 18.1. The van der Waals surface area contributed by atoms with E-state index in [0.717, 1.165) is 27.1 Å². The number of hydrogen-bond donors (Lipinski definition) is 0.